The van der Waals surface area contributed by atoms with E-state index < -0.39 is 41.1 Å². The van der Waals surface area contributed by atoms with Gasteiger partial charge >= 0.3 is 0 Å². The minimum atomic E-state index is -1.02. The first kappa shape index (κ1) is 23.0. The molecule has 0 saturated heterocycles. The Morgan fingerprint density at radius 3 is 2.20 bits per heavy atom. The van der Waals surface area contributed by atoms with Crippen molar-refractivity contribution in [2.75, 3.05) is 0 Å². The number of nitriles is 1. The van der Waals surface area contributed by atoms with Gasteiger partial charge in [-0.25, -0.2) is 8.78 Å². The Kier molecular flexibility index (Phi) is 8.48. The van der Waals surface area contributed by atoms with Crippen LogP contribution in [0, 0.1) is 28.9 Å². The van der Waals surface area contributed by atoms with E-state index in [1.807, 2.05) is 50.2 Å². The van der Waals surface area contributed by atoms with Crippen molar-refractivity contribution < 1.29 is 18.4 Å². The van der Waals surface area contributed by atoms with Crippen LogP contribution in [0.5, 0.6) is 0 Å². The smallest absolute Gasteiger partial charge is 0.257 e. The third-order valence-corrected chi connectivity index (χ3v) is 4.56. The highest BCUT2D eigenvalue weighted by Crippen LogP contribution is 2.14. The first-order valence-electron chi connectivity index (χ1n) is 9.80. The van der Waals surface area contributed by atoms with Crippen LogP contribution in [-0.4, -0.2) is 23.9 Å². The van der Waals surface area contributed by atoms with Gasteiger partial charge in [-0.1, -0.05) is 50.2 Å². The van der Waals surface area contributed by atoms with Gasteiger partial charge in [0.1, 0.15) is 29.3 Å². The molecule has 2 rings (SSSR count). The molecule has 0 spiro atoms. The van der Waals surface area contributed by atoms with Crippen molar-refractivity contribution in [3.63, 3.8) is 0 Å². The van der Waals surface area contributed by atoms with Gasteiger partial charge in [-0.15, -0.1) is 0 Å². The number of hydrogen-bond acceptors (Lipinski definition) is 3. The second-order valence-corrected chi connectivity index (χ2v) is 7.47. The highest BCUT2D eigenvalue weighted by Gasteiger charge is 2.27. The fourth-order valence-electron chi connectivity index (χ4n) is 3.05. The molecule has 0 heterocycles. The Labute approximate surface area is 175 Å². The predicted molar refractivity (Wildman–Crippen MR) is 109 cm³/mol. The SMILES string of the molecule is CC(C)C[C@H](NC(=O)c1c(F)cccc1F)C(=O)N[C@H](C#N)CCc1ccccc1. The monoisotopic (exact) mass is 413 g/mol. The Balaban J connectivity index is 2.06. The summed E-state index contributed by atoms with van der Waals surface area (Å²) in [5, 5.41) is 14.4. The molecular formula is C23H25F2N3O2. The minimum Gasteiger partial charge on any atom is -0.340 e. The van der Waals surface area contributed by atoms with Crippen molar-refractivity contribution in [2.45, 2.75) is 45.2 Å². The molecule has 158 valence electrons. The van der Waals surface area contributed by atoms with Crippen LogP contribution >= 0.6 is 0 Å². The molecule has 0 saturated carbocycles. The lowest BCUT2D eigenvalue weighted by atomic mass is 10.0. The molecular weight excluding hydrogens is 388 g/mol. The number of halogens is 2. The van der Waals surface area contributed by atoms with Gasteiger partial charge in [-0.2, -0.15) is 5.26 Å². The van der Waals surface area contributed by atoms with E-state index >= 15 is 0 Å². The maximum absolute atomic E-state index is 13.9. The van der Waals surface area contributed by atoms with Gasteiger partial charge < -0.3 is 10.6 Å². The van der Waals surface area contributed by atoms with Gasteiger partial charge in [0, 0.05) is 0 Å². The average molecular weight is 413 g/mol. The van der Waals surface area contributed by atoms with Gasteiger partial charge in [0.15, 0.2) is 0 Å². The number of rotatable bonds is 9. The van der Waals surface area contributed by atoms with Crippen molar-refractivity contribution in [3.05, 3.63) is 71.3 Å². The third kappa shape index (κ3) is 6.66. The van der Waals surface area contributed by atoms with Gasteiger partial charge in [0.2, 0.25) is 5.91 Å². The molecule has 7 heteroatoms. The van der Waals surface area contributed by atoms with Crippen molar-refractivity contribution in [1.82, 2.24) is 10.6 Å². The normalized spacial score (nSPS) is 12.7. The summed E-state index contributed by atoms with van der Waals surface area (Å²) in [5.74, 6) is -3.56. The highest BCUT2D eigenvalue weighted by atomic mass is 19.1. The molecule has 0 aliphatic carbocycles. The van der Waals surface area contributed by atoms with Crippen LogP contribution in [0.15, 0.2) is 48.5 Å². The first-order valence-corrected chi connectivity index (χ1v) is 9.80. The number of aryl methyl sites for hydroxylation is 1. The van der Waals surface area contributed by atoms with Crippen LogP contribution in [0.1, 0.15) is 42.6 Å². The van der Waals surface area contributed by atoms with Crippen LogP contribution in [0.2, 0.25) is 0 Å². The van der Waals surface area contributed by atoms with Crippen LogP contribution in [0.4, 0.5) is 8.78 Å². The fourth-order valence-corrected chi connectivity index (χ4v) is 3.05. The first-order chi connectivity index (χ1) is 14.3. The molecule has 0 fully saturated rings. The number of nitrogens with zero attached hydrogens (tertiary/aromatic N) is 1. The number of carbonyl (C=O) groups is 2. The zero-order chi connectivity index (χ0) is 22.1. The number of hydrogen-bond donors (Lipinski definition) is 2. The Hall–Kier alpha value is -3.27. The lowest BCUT2D eigenvalue weighted by Crippen LogP contribution is -2.50. The van der Waals surface area contributed by atoms with Crippen molar-refractivity contribution >= 4 is 11.8 Å². The van der Waals surface area contributed by atoms with Gasteiger partial charge in [0.05, 0.1) is 6.07 Å². The molecule has 0 aliphatic heterocycles. The van der Waals surface area contributed by atoms with E-state index in [0.29, 0.717) is 12.8 Å². The molecule has 0 radical (unpaired) electrons. The molecule has 5 nitrogen and oxygen atoms in total. The molecule has 0 bridgehead atoms. The lowest BCUT2D eigenvalue weighted by Gasteiger charge is -2.22. The number of amides is 2. The second-order valence-electron chi connectivity index (χ2n) is 7.47. The van der Waals surface area contributed by atoms with E-state index in [9.17, 15) is 23.6 Å². The average Bonchev–Trinajstić information content (AvgIpc) is 2.70. The van der Waals surface area contributed by atoms with Crippen molar-refractivity contribution in [3.8, 4) is 6.07 Å². The summed E-state index contributed by atoms with van der Waals surface area (Å²) < 4.78 is 27.8. The van der Waals surface area contributed by atoms with E-state index in [-0.39, 0.29) is 12.3 Å². The van der Waals surface area contributed by atoms with Gasteiger partial charge in [-0.3, -0.25) is 9.59 Å². The Morgan fingerprint density at radius 1 is 1.00 bits per heavy atom. The summed E-state index contributed by atoms with van der Waals surface area (Å²) in [6, 6.07) is 12.9. The molecule has 0 aliphatic rings. The summed E-state index contributed by atoms with van der Waals surface area (Å²) in [4.78, 5) is 25.1. The zero-order valence-electron chi connectivity index (χ0n) is 17.0. The molecule has 30 heavy (non-hydrogen) atoms. The fraction of sp³-hybridized carbons (Fsp3) is 0.348. The number of nitrogens with one attached hydrogen (secondary N) is 2. The van der Waals surface area contributed by atoms with Crippen LogP contribution < -0.4 is 10.6 Å². The molecule has 2 N–H and O–H groups in total. The van der Waals surface area contributed by atoms with E-state index in [2.05, 4.69) is 10.6 Å². The molecule has 0 unspecified atom stereocenters. The Bertz CT molecular complexity index is 890. The molecule has 2 aromatic carbocycles. The molecule has 2 atom stereocenters. The summed E-state index contributed by atoms with van der Waals surface area (Å²) >= 11 is 0. The molecule has 0 aromatic heterocycles. The van der Waals surface area contributed by atoms with Gasteiger partial charge in [0.25, 0.3) is 5.91 Å². The van der Waals surface area contributed by atoms with Gasteiger partial charge in [-0.05, 0) is 42.9 Å². The van der Waals surface area contributed by atoms with E-state index in [1.54, 1.807) is 0 Å². The summed E-state index contributed by atoms with van der Waals surface area (Å²) in [6.45, 7) is 3.71. The summed E-state index contributed by atoms with van der Waals surface area (Å²) in [5.41, 5.74) is 0.300. The van der Waals surface area contributed by atoms with E-state index in [1.165, 1.54) is 0 Å². The van der Waals surface area contributed by atoms with Crippen molar-refractivity contribution in [2.24, 2.45) is 5.92 Å². The largest absolute Gasteiger partial charge is 0.340 e. The number of benzene rings is 2. The standard InChI is InChI=1S/C23H25F2N3O2/c1-15(2)13-20(28-23(30)21-18(24)9-6-10-19(21)25)22(29)27-17(14-26)12-11-16-7-4-3-5-8-16/h3-10,15,17,20H,11-13H2,1-2H3,(H,27,29)(H,28,30)/t17-,20-/m0/s1. The van der Waals surface area contributed by atoms with Crippen LogP contribution in [0.3, 0.4) is 0 Å². The van der Waals surface area contributed by atoms with E-state index in [0.717, 1.165) is 23.8 Å². The van der Waals surface area contributed by atoms with Crippen LogP contribution in [-0.2, 0) is 11.2 Å². The maximum atomic E-state index is 13.9. The number of carbonyl (C=O) groups excluding carboxylic acids is 2. The summed E-state index contributed by atoms with van der Waals surface area (Å²) in [7, 11) is 0. The topological polar surface area (TPSA) is 82.0 Å². The minimum absolute atomic E-state index is 0.0244. The highest BCUT2D eigenvalue weighted by molar-refractivity contribution is 5.98. The molecule has 2 aromatic rings. The quantitative estimate of drug-likeness (QED) is 0.657. The zero-order valence-corrected chi connectivity index (χ0v) is 17.0. The summed E-state index contributed by atoms with van der Waals surface area (Å²) in [6.07, 6.45) is 1.25. The van der Waals surface area contributed by atoms with Crippen molar-refractivity contribution in [1.29, 1.82) is 5.26 Å². The predicted octanol–water partition coefficient (Wildman–Crippen LogP) is 3.75. The Morgan fingerprint density at radius 2 is 1.63 bits per heavy atom. The third-order valence-electron chi connectivity index (χ3n) is 4.56. The maximum Gasteiger partial charge on any atom is 0.257 e. The van der Waals surface area contributed by atoms with Crippen LogP contribution in [0.25, 0.3) is 0 Å². The second kappa shape index (κ2) is 11.1. The lowest BCUT2D eigenvalue weighted by molar-refractivity contribution is -0.123. The molecule has 2 amide bonds. The van der Waals surface area contributed by atoms with E-state index in [4.69, 9.17) is 0 Å².